The molecule has 3 aromatic carbocycles. The van der Waals surface area contributed by atoms with Crippen LogP contribution < -0.4 is 10.1 Å². The van der Waals surface area contributed by atoms with Gasteiger partial charge in [0.25, 0.3) is 0 Å². The summed E-state index contributed by atoms with van der Waals surface area (Å²) in [6.45, 7) is 8.41. The Labute approximate surface area is 194 Å². The standard InChI is InChI=1S/C29H29NO3/c1-5-32-28-20(3)29-25(26(18-33-29)23-14-10-7-11-15-23)17-24(28)19(2)16-27(31)30-21(4)22-12-8-6-9-13-22/h6-18,21H,5H2,1-4H3,(H,30,31)/b19-16+. The molecule has 168 valence electrons. The van der Waals surface area contributed by atoms with Crippen LogP contribution in [0.15, 0.2) is 83.5 Å². The maximum Gasteiger partial charge on any atom is 0.244 e. The van der Waals surface area contributed by atoms with Crippen LogP contribution in [0.2, 0.25) is 0 Å². The molecule has 0 aliphatic heterocycles. The number of hydrogen-bond donors (Lipinski definition) is 1. The summed E-state index contributed by atoms with van der Waals surface area (Å²) in [4.78, 5) is 12.8. The van der Waals surface area contributed by atoms with Crippen molar-refractivity contribution in [3.63, 3.8) is 0 Å². The summed E-state index contributed by atoms with van der Waals surface area (Å²) >= 11 is 0. The fraction of sp³-hybridized carbons (Fsp3) is 0.207. The number of furan rings is 1. The van der Waals surface area contributed by atoms with E-state index >= 15 is 0 Å². The molecule has 0 aliphatic rings. The molecule has 4 rings (SSSR count). The van der Waals surface area contributed by atoms with E-state index in [9.17, 15) is 4.79 Å². The third-order valence-corrected chi connectivity index (χ3v) is 5.85. The first kappa shape index (κ1) is 22.4. The minimum atomic E-state index is -0.139. The highest BCUT2D eigenvalue weighted by Gasteiger charge is 2.19. The summed E-state index contributed by atoms with van der Waals surface area (Å²) < 4.78 is 12.0. The molecule has 0 fully saturated rings. The summed E-state index contributed by atoms with van der Waals surface area (Å²) in [5.74, 6) is 0.608. The fourth-order valence-corrected chi connectivity index (χ4v) is 4.13. The Morgan fingerprint density at radius 3 is 2.42 bits per heavy atom. The van der Waals surface area contributed by atoms with Crippen molar-refractivity contribution in [3.8, 4) is 16.9 Å². The molecule has 1 unspecified atom stereocenters. The molecule has 33 heavy (non-hydrogen) atoms. The van der Waals surface area contributed by atoms with Crippen LogP contribution in [0.4, 0.5) is 0 Å². The van der Waals surface area contributed by atoms with Crippen molar-refractivity contribution in [1.82, 2.24) is 5.32 Å². The van der Waals surface area contributed by atoms with Gasteiger partial charge in [-0.15, -0.1) is 0 Å². The molecule has 0 radical (unpaired) electrons. The first-order chi connectivity index (χ1) is 16.0. The third kappa shape index (κ3) is 4.70. The predicted octanol–water partition coefficient (Wildman–Crippen LogP) is 7.09. The molecule has 1 atom stereocenters. The molecule has 1 N–H and O–H groups in total. The van der Waals surface area contributed by atoms with Crippen molar-refractivity contribution < 1.29 is 13.9 Å². The largest absolute Gasteiger partial charge is 0.493 e. The number of allylic oxidation sites excluding steroid dienone is 1. The maximum absolute atomic E-state index is 12.8. The number of aryl methyl sites for hydroxylation is 1. The zero-order valence-corrected chi connectivity index (χ0v) is 19.5. The van der Waals surface area contributed by atoms with Crippen molar-refractivity contribution in [3.05, 3.63) is 95.8 Å². The lowest BCUT2D eigenvalue weighted by molar-refractivity contribution is -0.117. The monoisotopic (exact) mass is 439 g/mol. The van der Waals surface area contributed by atoms with Crippen molar-refractivity contribution in [2.45, 2.75) is 33.7 Å². The molecule has 4 aromatic rings. The smallest absolute Gasteiger partial charge is 0.244 e. The quantitative estimate of drug-likeness (QED) is 0.313. The number of carbonyl (C=O) groups excluding carboxylic acids is 1. The van der Waals surface area contributed by atoms with Gasteiger partial charge in [-0.05, 0) is 50.5 Å². The number of ether oxygens (including phenoxy) is 1. The molecular formula is C29H29NO3. The van der Waals surface area contributed by atoms with Gasteiger partial charge in [-0.2, -0.15) is 0 Å². The van der Waals surface area contributed by atoms with Crippen molar-refractivity contribution in [1.29, 1.82) is 0 Å². The lowest BCUT2D eigenvalue weighted by atomic mass is 9.96. The molecule has 1 amide bonds. The second-order valence-corrected chi connectivity index (χ2v) is 8.17. The Kier molecular flexibility index (Phi) is 6.64. The van der Waals surface area contributed by atoms with Crippen molar-refractivity contribution >= 4 is 22.4 Å². The first-order valence-electron chi connectivity index (χ1n) is 11.3. The SMILES string of the molecule is CCOc1c(/C(C)=C/C(=O)NC(C)c2ccccc2)cc2c(-c3ccccc3)coc2c1C. The Bertz CT molecular complexity index is 1290. The zero-order valence-electron chi connectivity index (χ0n) is 19.5. The maximum atomic E-state index is 12.8. The zero-order chi connectivity index (χ0) is 23.4. The van der Waals surface area contributed by atoms with E-state index in [0.29, 0.717) is 6.61 Å². The van der Waals surface area contributed by atoms with Crippen LogP contribution in [0.25, 0.3) is 27.7 Å². The van der Waals surface area contributed by atoms with Crippen molar-refractivity contribution in [2.24, 2.45) is 0 Å². The Hall–Kier alpha value is -3.79. The van der Waals surface area contributed by atoms with Gasteiger partial charge in [-0.1, -0.05) is 60.7 Å². The van der Waals surface area contributed by atoms with E-state index in [1.807, 2.05) is 76.2 Å². The number of carbonyl (C=O) groups is 1. The van der Waals surface area contributed by atoms with Crippen LogP contribution in [-0.2, 0) is 4.79 Å². The van der Waals surface area contributed by atoms with Gasteiger partial charge in [0, 0.05) is 28.2 Å². The molecule has 4 heteroatoms. The van der Waals surface area contributed by atoms with Gasteiger partial charge in [0.05, 0.1) is 18.9 Å². The normalized spacial score (nSPS) is 12.5. The number of benzene rings is 3. The molecule has 0 bridgehead atoms. The number of rotatable bonds is 7. The van der Waals surface area contributed by atoms with Crippen LogP contribution in [0, 0.1) is 6.92 Å². The lowest BCUT2D eigenvalue weighted by Gasteiger charge is -2.16. The summed E-state index contributed by atoms with van der Waals surface area (Å²) in [6, 6.07) is 22.1. The van der Waals surface area contributed by atoms with Crippen LogP contribution in [0.1, 0.15) is 43.5 Å². The Morgan fingerprint density at radius 1 is 1.09 bits per heavy atom. The van der Waals surface area contributed by atoms with E-state index in [1.165, 1.54) is 0 Å². The van der Waals surface area contributed by atoms with Gasteiger partial charge in [-0.25, -0.2) is 0 Å². The second-order valence-electron chi connectivity index (χ2n) is 8.17. The highest BCUT2D eigenvalue weighted by atomic mass is 16.5. The van der Waals surface area contributed by atoms with E-state index in [0.717, 1.165) is 50.1 Å². The van der Waals surface area contributed by atoms with E-state index in [1.54, 1.807) is 12.3 Å². The van der Waals surface area contributed by atoms with Crippen molar-refractivity contribution in [2.75, 3.05) is 6.61 Å². The number of amides is 1. The summed E-state index contributed by atoms with van der Waals surface area (Å²) in [5.41, 5.74) is 6.63. The third-order valence-electron chi connectivity index (χ3n) is 5.85. The summed E-state index contributed by atoms with van der Waals surface area (Å²) in [6.07, 6.45) is 3.44. The van der Waals surface area contributed by atoms with E-state index in [-0.39, 0.29) is 11.9 Å². The predicted molar refractivity (Wildman–Crippen MR) is 134 cm³/mol. The number of fused-ring (bicyclic) bond motifs is 1. The molecule has 1 aromatic heterocycles. The molecule has 0 saturated carbocycles. The average molecular weight is 440 g/mol. The van der Waals surface area contributed by atoms with Gasteiger partial charge < -0.3 is 14.5 Å². The van der Waals surface area contributed by atoms with Crippen LogP contribution >= 0.6 is 0 Å². The van der Waals surface area contributed by atoms with Gasteiger partial charge in [0.1, 0.15) is 11.3 Å². The highest BCUT2D eigenvalue weighted by molar-refractivity contribution is 6.01. The first-order valence-corrected chi connectivity index (χ1v) is 11.3. The van der Waals surface area contributed by atoms with Crippen LogP contribution in [0.5, 0.6) is 5.75 Å². The molecular weight excluding hydrogens is 410 g/mol. The van der Waals surface area contributed by atoms with Gasteiger partial charge in [-0.3, -0.25) is 4.79 Å². The van der Waals surface area contributed by atoms with E-state index < -0.39 is 0 Å². The van der Waals surface area contributed by atoms with Crippen LogP contribution in [-0.4, -0.2) is 12.5 Å². The van der Waals surface area contributed by atoms with Gasteiger partial charge >= 0.3 is 0 Å². The summed E-state index contributed by atoms with van der Waals surface area (Å²) in [5, 5.41) is 4.06. The number of nitrogens with one attached hydrogen (secondary N) is 1. The van der Waals surface area contributed by atoms with Crippen LogP contribution in [0.3, 0.4) is 0 Å². The van der Waals surface area contributed by atoms with Gasteiger partial charge in [0.15, 0.2) is 0 Å². The molecule has 4 nitrogen and oxygen atoms in total. The average Bonchev–Trinajstić information content (AvgIpc) is 3.26. The summed E-state index contributed by atoms with van der Waals surface area (Å²) in [7, 11) is 0. The fourth-order valence-electron chi connectivity index (χ4n) is 4.13. The lowest BCUT2D eigenvalue weighted by Crippen LogP contribution is -2.24. The Balaban J connectivity index is 1.73. The molecule has 1 heterocycles. The van der Waals surface area contributed by atoms with E-state index in [2.05, 4.69) is 23.5 Å². The van der Waals surface area contributed by atoms with E-state index in [4.69, 9.17) is 9.15 Å². The molecule has 0 spiro atoms. The minimum Gasteiger partial charge on any atom is -0.493 e. The number of hydrogen-bond acceptors (Lipinski definition) is 3. The topological polar surface area (TPSA) is 51.5 Å². The van der Waals surface area contributed by atoms with Gasteiger partial charge in [0.2, 0.25) is 5.91 Å². The molecule has 0 aliphatic carbocycles. The second kappa shape index (κ2) is 9.78. The minimum absolute atomic E-state index is 0.0862. The molecule has 0 saturated heterocycles. The Morgan fingerprint density at radius 2 is 1.76 bits per heavy atom. The highest BCUT2D eigenvalue weighted by Crippen LogP contribution is 2.40.